The van der Waals surface area contributed by atoms with E-state index in [-0.39, 0.29) is 114 Å². The molecule has 0 bridgehead atoms. The van der Waals surface area contributed by atoms with Crippen molar-refractivity contribution in [2.75, 3.05) is 0 Å². The van der Waals surface area contributed by atoms with Crippen LogP contribution in [0.1, 0.15) is 65.2 Å². The number of benzene rings is 6. The van der Waals surface area contributed by atoms with E-state index < -0.39 is 17.4 Å². The van der Waals surface area contributed by atoms with E-state index in [0.29, 0.717) is 0 Å². The molecule has 4 nitrogen and oxygen atoms in total. The van der Waals surface area contributed by atoms with Crippen LogP contribution in [0.25, 0.3) is 11.1 Å². The SMILES string of the molecule is O=C([O-])c1ccc(C2(c3ccc(C(=O)[O-])cc3)c3cc(C#Cc4ccccc4)ccc3-c3ccc(C#Cc4ccccc4)cc32)cc1.[K+].[K+]. The molecule has 0 N–H and O–H groups in total. The number of rotatable bonds is 4. The van der Waals surface area contributed by atoms with E-state index >= 15 is 0 Å². The molecule has 0 aromatic heterocycles. The van der Waals surface area contributed by atoms with Gasteiger partial charge in [0.15, 0.2) is 0 Å². The summed E-state index contributed by atoms with van der Waals surface area (Å²) in [4.78, 5) is 23.5. The third kappa shape index (κ3) is 7.42. The zero-order valence-corrected chi connectivity index (χ0v) is 33.2. The van der Waals surface area contributed by atoms with Gasteiger partial charge in [0.25, 0.3) is 0 Å². The third-order valence-electron chi connectivity index (χ3n) is 8.49. The van der Waals surface area contributed by atoms with Gasteiger partial charge >= 0.3 is 103 Å². The van der Waals surface area contributed by atoms with Crippen LogP contribution in [-0.4, -0.2) is 11.9 Å². The summed E-state index contributed by atoms with van der Waals surface area (Å²) in [6.45, 7) is 0. The van der Waals surface area contributed by atoms with Gasteiger partial charge in [-0.1, -0.05) is 121 Å². The quantitative estimate of drug-likeness (QED) is 0.187. The Labute approximate surface area is 370 Å². The van der Waals surface area contributed by atoms with Crippen LogP contribution in [0, 0.1) is 23.7 Å². The van der Waals surface area contributed by atoms with E-state index in [0.717, 1.165) is 55.6 Å². The summed E-state index contributed by atoms with van der Waals surface area (Å²) in [7, 11) is 0. The Morgan fingerprint density at radius 3 is 1.12 bits per heavy atom. The molecule has 0 radical (unpaired) electrons. The van der Waals surface area contributed by atoms with Gasteiger partial charge < -0.3 is 19.8 Å². The van der Waals surface area contributed by atoms with E-state index in [1.807, 2.05) is 72.8 Å². The second-order valence-corrected chi connectivity index (χ2v) is 11.2. The van der Waals surface area contributed by atoms with Gasteiger partial charge in [-0.2, -0.15) is 0 Å². The maximum atomic E-state index is 11.7. The fraction of sp³-hybridized carbons (Fsp3) is 0.0233. The van der Waals surface area contributed by atoms with Gasteiger partial charge in [-0.05, 0) is 93.0 Å². The molecule has 0 aliphatic heterocycles. The predicted molar refractivity (Wildman–Crippen MR) is 177 cm³/mol. The Hall–Kier alpha value is -3.35. The van der Waals surface area contributed by atoms with Crippen molar-refractivity contribution in [3.05, 3.63) is 201 Å². The van der Waals surface area contributed by atoms with E-state index in [1.165, 1.54) is 24.3 Å². The molecule has 0 amide bonds. The van der Waals surface area contributed by atoms with Gasteiger partial charge in [0.2, 0.25) is 0 Å². The van der Waals surface area contributed by atoms with Crippen molar-refractivity contribution in [2.24, 2.45) is 0 Å². The van der Waals surface area contributed by atoms with Crippen molar-refractivity contribution in [1.82, 2.24) is 0 Å². The summed E-state index contributed by atoms with van der Waals surface area (Å²) in [5.41, 5.74) is 7.95. The molecule has 222 valence electrons. The summed E-state index contributed by atoms with van der Waals surface area (Å²) < 4.78 is 0. The number of carboxylic acids is 2. The number of hydrogen-bond acceptors (Lipinski definition) is 4. The molecule has 6 heteroatoms. The first-order valence-corrected chi connectivity index (χ1v) is 15.0. The Kier molecular flexibility index (Phi) is 12.1. The fourth-order valence-electron chi connectivity index (χ4n) is 6.31. The minimum atomic E-state index is -1.27. The van der Waals surface area contributed by atoms with Crippen LogP contribution in [0.4, 0.5) is 0 Å². The Bertz CT molecular complexity index is 2120. The second kappa shape index (κ2) is 16.1. The number of hydrogen-bond donors (Lipinski definition) is 0. The monoisotopic (exact) mass is 682 g/mol. The largest absolute Gasteiger partial charge is 1.00 e. The molecule has 0 saturated carbocycles. The van der Waals surface area contributed by atoms with Crippen molar-refractivity contribution in [3.63, 3.8) is 0 Å². The van der Waals surface area contributed by atoms with Crippen LogP contribution in [0.2, 0.25) is 0 Å². The first kappa shape index (κ1) is 36.9. The van der Waals surface area contributed by atoms with Crippen LogP contribution in [0.5, 0.6) is 0 Å². The second-order valence-electron chi connectivity index (χ2n) is 11.2. The van der Waals surface area contributed by atoms with Gasteiger partial charge in [0.05, 0.1) is 17.4 Å². The van der Waals surface area contributed by atoms with Crippen molar-refractivity contribution in [1.29, 1.82) is 0 Å². The molecule has 0 spiro atoms. The van der Waals surface area contributed by atoms with Crippen molar-refractivity contribution < 1.29 is 123 Å². The van der Waals surface area contributed by atoms with E-state index in [1.54, 1.807) is 24.3 Å². The summed E-state index contributed by atoms with van der Waals surface area (Å²) in [6.07, 6.45) is 0. The number of carboxylic acid groups (broad SMARTS) is 2. The van der Waals surface area contributed by atoms with Gasteiger partial charge in [-0.25, -0.2) is 0 Å². The van der Waals surface area contributed by atoms with Crippen molar-refractivity contribution in [3.8, 4) is 34.8 Å². The van der Waals surface area contributed by atoms with Crippen LogP contribution in [-0.2, 0) is 5.41 Å². The topological polar surface area (TPSA) is 80.3 Å². The Morgan fingerprint density at radius 1 is 0.429 bits per heavy atom. The Morgan fingerprint density at radius 2 is 0.776 bits per heavy atom. The molecule has 0 unspecified atom stereocenters. The fourth-order valence-corrected chi connectivity index (χ4v) is 6.31. The number of aromatic carboxylic acids is 2. The number of carbonyl (C=O) groups excluding carboxylic acids is 2. The molecule has 49 heavy (non-hydrogen) atoms. The Balaban J connectivity index is 0.00000234. The molecule has 0 saturated heterocycles. The average molecular weight is 683 g/mol. The third-order valence-corrected chi connectivity index (χ3v) is 8.49. The van der Waals surface area contributed by atoms with Gasteiger partial charge in [0.1, 0.15) is 0 Å². The number of carbonyl (C=O) groups is 2. The molecule has 6 aromatic carbocycles. The molecule has 1 aliphatic rings. The first-order chi connectivity index (χ1) is 22.9. The summed E-state index contributed by atoms with van der Waals surface area (Å²) >= 11 is 0. The average Bonchev–Trinajstić information content (AvgIpc) is 3.40. The molecule has 0 heterocycles. The number of fused-ring (bicyclic) bond motifs is 3. The summed E-state index contributed by atoms with van der Waals surface area (Å²) in [5.74, 6) is 10.6. The van der Waals surface area contributed by atoms with E-state index in [2.05, 4.69) is 47.9 Å². The zero-order valence-electron chi connectivity index (χ0n) is 27.0. The van der Waals surface area contributed by atoms with E-state index in [9.17, 15) is 19.8 Å². The van der Waals surface area contributed by atoms with Crippen molar-refractivity contribution in [2.45, 2.75) is 5.41 Å². The normalized spacial score (nSPS) is 11.5. The molecular formula is C43H24K2O4. The molecule has 6 aromatic rings. The van der Waals surface area contributed by atoms with E-state index in [4.69, 9.17) is 0 Å². The van der Waals surface area contributed by atoms with Gasteiger partial charge in [0, 0.05) is 22.3 Å². The standard InChI is InChI=1S/C43H26O4.2K/c44-41(45)33-17-21-35(22-18-33)43(36-23-19-34(20-24-36)42(46)47)39-27-31(13-11-29-7-3-1-4-8-29)15-25-37(39)38-26-16-32(28-40(38)43)14-12-30-9-5-2-6-10-30;;/h1-10,15-28H,(H,44,45)(H,46,47);;/q;2*+1/p-2. The molecule has 0 atom stereocenters. The van der Waals surface area contributed by atoms with Gasteiger partial charge in [-0.3, -0.25) is 0 Å². The van der Waals surface area contributed by atoms with Crippen molar-refractivity contribution >= 4 is 11.9 Å². The molecule has 1 aliphatic carbocycles. The minimum Gasteiger partial charge on any atom is -0.545 e. The first-order valence-electron chi connectivity index (χ1n) is 15.0. The molecule has 7 rings (SSSR count). The molecular weight excluding hydrogens is 659 g/mol. The zero-order chi connectivity index (χ0) is 32.4. The predicted octanol–water partition coefficient (Wildman–Crippen LogP) is -0.416. The maximum Gasteiger partial charge on any atom is 1.00 e. The van der Waals surface area contributed by atoms with Crippen LogP contribution in [0.15, 0.2) is 146 Å². The minimum absolute atomic E-state index is 0. The van der Waals surface area contributed by atoms with Gasteiger partial charge in [-0.15, -0.1) is 0 Å². The maximum absolute atomic E-state index is 11.7. The van der Waals surface area contributed by atoms with Crippen LogP contribution < -0.4 is 113 Å². The summed E-state index contributed by atoms with van der Waals surface area (Å²) in [5, 5.41) is 23.5. The van der Waals surface area contributed by atoms with Crippen LogP contribution >= 0.6 is 0 Å². The summed E-state index contributed by atoms with van der Waals surface area (Å²) in [6, 6.07) is 45.1. The smallest absolute Gasteiger partial charge is 0.545 e. The molecule has 0 fully saturated rings. The van der Waals surface area contributed by atoms with Crippen LogP contribution in [0.3, 0.4) is 0 Å².